The van der Waals surface area contributed by atoms with E-state index in [-0.39, 0.29) is 5.54 Å². The quantitative estimate of drug-likeness (QED) is 0.670. The molecule has 1 N–H and O–H groups in total. The number of benzene rings is 3. The number of nitrogens with one attached hydrogen (secondary N) is 1. The van der Waals surface area contributed by atoms with E-state index in [2.05, 4.69) is 103 Å². The maximum absolute atomic E-state index is 3.78. The van der Waals surface area contributed by atoms with E-state index >= 15 is 0 Å². The Labute approximate surface area is 137 Å². The molecule has 3 aromatic carbocycles. The first-order valence-electron chi connectivity index (χ1n) is 7.97. The third kappa shape index (κ3) is 2.35. The number of hydrogen-bond donors (Lipinski definition) is 1. The highest BCUT2D eigenvalue weighted by atomic mass is 15.0. The monoisotopic (exact) mass is 297 g/mol. The van der Waals surface area contributed by atoms with Gasteiger partial charge < -0.3 is 5.32 Å². The number of rotatable bonds is 2. The molecule has 1 heteroatoms. The average molecular weight is 297 g/mol. The maximum atomic E-state index is 3.78. The van der Waals surface area contributed by atoms with Crippen LogP contribution in [0.15, 0.2) is 84.9 Å². The van der Waals surface area contributed by atoms with Gasteiger partial charge in [-0.1, -0.05) is 84.4 Å². The molecule has 1 aliphatic heterocycles. The molecule has 0 aliphatic carbocycles. The normalized spacial score (nSPS) is 19.0. The number of fused-ring (bicyclic) bond motifs is 1. The molecule has 23 heavy (non-hydrogen) atoms. The highest BCUT2D eigenvalue weighted by Crippen LogP contribution is 2.40. The van der Waals surface area contributed by atoms with Crippen LogP contribution in [0.3, 0.4) is 0 Å². The first kappa shape index (κ1) is 13.8. The Bertz CT molecular complexity index is 847. The first-order valence-corrected chi connectivity index (χ1v) is 7.97. The molecule has 0 radical (unpaired) electrons. The Morgan fingerprint density at radius 3 is 2.13 bits per heavy atom. The van der Waals surface area contributed by atoms with E-state index in [0.717, 1.165) is 0 Å². The zero-order valence-electron chi connectivity index (χ0n) is 13.2. The number of anilines is 1. The van der Waals surface area contributed by atoms with Gasteiger partial charge in [0.15, 0.2) is 0 Å². The molecule has 4 rings (SSSR count). The molecule has 0 aromatic heterocycles. The van der Waals surface area contributed by atoms with Crippen LogP contribution in [-0.2, 0) is 5.54 Å². The fourth-order valence-corrected chi connectivity index (χ4v) is 3.25. The van der Waals surface area contributed by atoms with Gasteiger partial charge in [0, 0.05) is 5.69 Å². The van der Waals surface area contributed by atoms with Crippen molar-refractivity contribution in [2.45, 2.75) is 12.5 Å². The second kappa shape index (κ2) is 5.44. The number of hydrogen-bond acceptors (Lipinski definition) is 1. The third-order valence-electron chi connectivity index (χ3n) is 4.54. The molecular formula is C22H19N. The van der Waals surface area contributed by atoms with E-state index in [1.807, 2.05) is 0 Å². The van der Waals surface area contributed by atoms with E-state index < -0.39 is 0 Å². The van der Waals surface area contributed by atoms with E-state index in [4.69, 9.17) is 0 Å². The van der Waals surface area contributed by atoms with Crippen molar-refractivity contribution in [2.75, 3.05) is 5.32 Å². The van der Waals surface area contributed by atoms with Crippen LogP contribution in [0.1, 0.15) is 22.3 Å². The average Bonchev–Trinajstić information content (AvgIpc) is 2.62. The lowest BCUT2D eigenvalue weighted by atomic mass is 9.79. The standard InChI is InChI=1S/C22H19N/c1-17-11-13-20(14-12-17)22(19-8-3-2-4-9-19)16-15-18-7-5-6-10-21(18)23-22/h2-16,23H,1H3/t22-/m1/s1. The number of aryl methyl sites for hydroxylation is 1. The topological polar surface area (TPSA) is 12.0 Å². The predicted molar refractivity (Wildman–Crippen MR) is 97.5 cm³/mol. The molecule has 0 saturated carbocycles. The van der Waals surface area contributed by atoms with Gasteiger partial charge in [0.1, 0.15) is 5.54 Å². The summed E-state index contributed by atoms with van der Waals surface area (Å²) in [5.74, 6) is 0. The van der Waals surface area contributed by atoms with Crippen LogP contribution < -0.4 is 5.32 Å². The van der Waals surface area contributed by atoms with Crippen LogP contribution >= 0.6 is 0 Å². The summed E-state index contributed by atoms with van der Waals surface area (Å²) < 4.78 is 0. The van der Waals surface area contributed by atoms with Crippen molar-refractivity contribution >= 4 is 11.8 Å². The van der Waals surface area contributed by atoms with Gasteiger partial charge in [0.25, 0.3) is 0 Å². The second-order valence-corrected chi connectivity index (χ2v) is 6.09. The minimum Gasteiger partial charge on any atom is -0.368 e. The summed E-state index contributed by atoms with van der Waals surface area (Å²) in [5, 5.41) is 3.78. The minimum absolute atomic E-state index is 0.330. The van der Waals surface area contributed by atoms with Crippen molar-refractivity contribution in [3.8, 4) is 0 Å². The third-order valence-corrected chi connectivity index (χ3v) is 4.54. The SMILES string of the molecule is Cc1ccc([C@]2(c3ccccc3)C=Cc3ccccc3N2)cc1. The van der Waals surface area contributed by atoms with E-state index in [0.29, 0.717) is 0 Å². The summed E-state index contributed by atoms with van der Waals surface area (Å²) >= 11 is 0. The van der Waals surface area contributed by atoms with Crippen LogP contribution in [0.4, 0.5) is 5.69 Å². The van der Waals surface area contributed by atoms with Gasteiger partial charge in [-0.3, -0.25) is 0 Å². The molecule has 0 amide bonds. The van der Waals surface area contributed by atoms with Crippen molar-refractivity contribution < 1.29 is 0 Å². The summed E-state index contributed by atoms with van der Waals surface area (Å²) in [6, 6.07) is 27.9. The van der Waals surface area contributed by atoms with Gasteiger partial charge in [-0.2, -0.15) is 0 Å². The molecule has 3 aromatic rings. The molecule has 1 heterocycles. The van der Waals surface area contributed by atoms with Crippen LogP contribution in [0.5, 0.6) is 0 Å². The maximum Gasteiger partial charge on any atom is 0.107 e. The molecule has 112 valence electrons. The largest absolute Gasteiger partial charge is 0.368 e. The molecule has 0 fully saturated rings. The Hall–Kier alpha value is -2.80. The molecule has 0 spiro atoms. The van der Waals surface area contributed by atoms with Crippen molar-refractivity contribution in [1.82, 2.24) is 0 Å². The van der Waals surface area contributed by atoms with Gasteiger partial charge in [0.05, 0.1) is 0 Å². The van der Waals surface area contributed by atoms with Crippen LogP contribution in [0.25, 0.3) is 6.08 Å². The van der Waals surface area contributed by atoms with Gasteiger partial charge in [-0.25, -0.2) is 0 Å². The molecule has 0 unspecified atom stereocenters. The van der Waals surface area contributed by atoms with Gasteiger partial charge in [-0.05, 0) is 35.8 Å². The molecule has 1 atom stereocenters. The Kier molecular flexibility index (Phi) is 3.27. The zero-order chi connectivity index (χ0) is 15.7. The number of para-hydroxylation sites is 1. The van der Waals surface area contributed by atoms with E-state index in [1.165, 1.54) is 27.9 Å². The van der Waals surface area contributed by atoms with Crippen molar-refractivity contribution in [1.29, 1.82) is 0 Å². The summed E-state index contributed by atoms with van der Waals surface area (Å²) in [5.41, 5.74) is 5.83. The minimum atomic E-state index is -0.330. The first-order chi connectivity index (χ1) is 11.3. The second-order valence-electron chi connectivity index (χ2n) is 6.09. The molecular weight excluding hydrogens is 278 g/mol. The summed E-state index contributed by atoms with van der Waals surface area (Å²) in [6.45, 7) is 2.12. The highest BCUT2D eigenvalue weighted by Gasteiger charge is 2.33. The smallest absolute Gasteiger partial charge is 0.107 e. The Morgan fingerprint density at radius 1 is 0.696 bits per heavy atom. The highest BCUT2D eigenvalue weighted by molar-refractivity contribution is 5.75. The molecule has 1 nitrogen and oxygen atoms in total. The summed E-state index contributed by atoms with van der Waals surface area (Å²) in [7, 11) is 0. The Balaban J connectivity index is 1.92. The van der Waals surface area contributed by atoms with E-state index in [9.17, 15) is 0 Å². The van der Waals surface area contributed by atoms with Crippen molar-refractivity contribution in [2.24, 2.45) is 0 Å². The van der Waals surface area contributed by atoms with Crippen molar-refractivity contribution in [3.05, 3.63) is 107 Å². The van der Waals surface area contributed by atoms with Gasteiger partial charge in [0.2, 0.25) is 0 Å². The Morgan fingerprint density at radius 2 is 1.35 bits per heavy atom. The summed E-state index contributed by atoms with van der Waals surface area (Å²) in [6.07, 6.45) is 4.49. The van der Waals surface area contributed by atoms with E-state index in [1.54, 1.807) is 0 Å². The lowest BCUT2D eigenvalue weighted by Crippen LogP contribution is -2.36. The lowest BCUT2D eigenvalue weighted by molar-refractivity contribution is 0.741. The summed E-state index contributed by atoms with van der Waals surface area (Å²) in [4.78, 5) is 0. The fraction of sp³-hybridized carbons (Fsp3) is 0.0909. The van der Waals surface area contributed by atoms with Crippen LogP contribution in [0, 0.1) is 6.92 Å². The molecule has 0 saturated heterocycles. The fourth-order valence-electron chi connectivity index (χ4n) is 3.25. The predicted octanol–water partition coefficient (Wildman–Crippen LogP) is 5.38. The molecule has 0 bridgehead atoms. The zero-order valence-corrected chi connectivity index (χ0v) is 13.2. The van der Waals surface area contributed by atoms with Crippen molar-refractivity contribution in [3.63, 3.8) is 0 Å². The van der Waals surface area contributed by atoms with Crippen LogP contribution in [-0.4, -0.2) is 0 Å². The van der Waals surface area contributed by atoms with Gasteiger partial charge >= 0.3 is 0 Å². The lowest BCUT2D eigenvalue weighted by Gasteiger charge is -2.37. The molecule has 1 aliphatic rings. The van der Waals surface area contributed by atoms with Gasteiger partial charge in [-0.15, -0.1) is 0 Å². The van der Waals surface area contributed by atoms with Crippen LogP contribution in [0.2, 0.25) is 0 Å².